The average Bonchev–Trinajstić information content (AvgIpc) is 3.44. The van der Waals surface area contributed by atoms with Crippen molar-refractivity contribution in [1.82, 2.24) is 10.2 Å². The first-order valence-electron chi connectivity index (χ1n) is 11.9. The Labute approximate surface area is 199 Å². The molecule has 1 aromatic carbocycles. The van der Waals surface area contributed by atoms with Crippen LogP contribution in [-0.2, 0) is 19.1 Å². The fourth-order valence-electron chi connectivity index (χ4n) is 5.69. The van der Waals surface area contributed by atoms with Crippen LogP contribution in [0.25, 0.3) is 0 Å². The second-order valence-electron chi connectivity index (χ2n) is 9.13. The van der Waals surface area contributed by atoms with Crippen molar-refractivity contribution in [3.05, 3.63) is 29.3 Å². The maximum absolute atomic E-state index is 13.7. The van der Waals surface area contributed by atoms with E-state index in [1.54, 1.807) is 29.2 Å². The van der Waals surface area contributed by atoms with Gasteiger partial charge < -0.3 is 25.4 Å². The van der Waals surface area contributed by atoms with Crippen molar-refractivity contribution >= 4 is 35.0 Å². The number of ether oxygens (including phenoxy) is 1. The Balaban J connectivity index is 1.63. The summed E-state index contributed by atoms with van der Waals surface area (Å²) >= 11 is 6.26. The van der Waals surface area contributed by atoms with Crippen LogP contribution in [0.5, 0.6) is 0 Å². The van der Waals surface area contributed by atoms with Crippen molar-refractivity contribution in [3.63, 3.8) is 0 Å². The number of benzene rings is 1. The van der Waals surface area contributed by atoms with Gasteiger partial charge >= 0.3 is 0 Å². The Bertz CT molecular complexity index is 912. The van der Waals surface area contributed by atoms with Gasteiger partial charge in [-0.15, -0.1) is 0 Å². The minimum atomic E-state index is -1.02. The van der Waals surface area contributed by atoms with Gasteiger partial charge in [-0.2, -0.15) is 0 Å². The van der Waals surface area contributed by atoms with Gasteiger partial charge in [0.1, 0.15) is 11.6 Å². The van der Waals surface area contributed by atoms with Crippen molar-refractivity contribution in [2.45, 2.75) is 63.2 Å². The van der Waals surface area contributed by atoms with Gasteiger partial charge in [0, 0.05) is 19.7 Å². The number of halogens is 1. The second kappa shape index (κ2) is 9.99. The van der Waals surface area contributed by atoms with E-state index in [2.05, 4.69) is 10.6 Å². The maximum Gasteiger partial charge on any atom is 0.250 e. The largest absolute Gasteiger partial charge is 0.396 e. The van der Waals surface area contributed by atoms with Gasteiger partial charge in [-0.3, -0.25) is 14.4 Å². The van der Waals surface area contributed by atoms with Crippen molar-refractivity contribution in [1.29, 1.82) is 0 Å². The number of hydrogen-bond donors (Lipinski definition) is 3. The van der Waals surface area contributed by atoms with E-state index in [1.165, 1.54) is 0 Å². The monoisotopic (exact) mass is 477 g/mol. The molecular weight excluding hydrogens is 446 g/mol. The molecule has 0 aliphatic carbocycles. The number of likely N-dealkylation sites (tertiary alicyclic amines) is 1. The molecule has 3 fully saturated rings. The highest BCUT2D eigenvalue weighted by molar-refractivity contribution is 6.33. The molecule has 180 valence electrons. The van der Waals surface area contributed by atoms with Gasteiger partial charge in [-0.1, -0.05) is 30.7 Å². The molecule has 3 N–H and O–H groups in total. The molecule has 3 aliphatic heterocycles. The summed E-state index contributed by atoms with van der Waals surface area (Å²) in [6.45, 7) is 2.97. The first kappa shape index (κ1) is 24.0. The number of amides is 3. The number of nitrogens with zero attached hydrogens (tertiary/aromatic N) is 1. The van der Waals surface area contributed by atoms with E-state index in [9.17, 15) is 14.4 Å². The number of rotatable bonds is 10. The zero-order valence-corrected chi connectivity index (χ0v) is 19.6. The zero-order valence-electron chi connectivity index (χ0n) is 18.9. The van der Waals surface area contributed by atoms with Crippen LogP contribution in [0.2, 0.25) is 5.02 Å². The first-order chi connectivity index (χ1) is 15.9. The molecule has 4 rings (SSSR count). The summed E-state index contributed by atoms with van der Waals surface area (Å²) in [5.41, 5.74) is -0.542. The van der Waals surface area contributed by atoms with E-state index < -0.39 is 23.5 Å². The van der Waals surface area contributed by atoms with Gasteiger partial charge in [-0.25, -0.2) is 0 Å². The third-order valence-electron chi connectivity index (χ3n) is 7.09. The van der Waals surface area contributed by atoms with E-state index in [-0.39, 0.29) is 30.4 Å². The van der Waals surface area contributed by atoms with E-state index in [0.717, 1.165) is 12.8 Å². The predicted octanol–water partition coefficient (Wildman–Crippen LogP) is 2.34. The molecule has 9 heteroatoms. The van der Waals surface area contributed by atoms with Crippen LogP contribution in [0.3, 0.4) is 0 Å². The van der Waals surface area contributed by atoms with Gasteiger partial charge in [0.25, 0.3) is 0 Å². The third kappa shape index (κ3) is 4.24. The number of aliphatic hydroxyl groups excluding tert-OH is 1. The number of anilines is 1. The number of nitrogens with one attached hydrogen (secondary N) is 2. The van der Waals surface area contributed by atoms with Gasteiger partial charge in [-0.05, 0) is 50.7 Å². The summed E-state index contributed by atoms with van der Waals surface area (Å²) in [7, 11) is 0. The lowest BCUT2D eigenvalue weighted by atomic mass is 9.70. The molecule has 1 aromatic rings. The van der Waals surface area contributed by atoms with Crippen molar-refractivity contribution in [2.75, 3.05) is 25.0 Å². The molecule has 2 bridgehead atoms. The molecule has 33 heavy (non-hydrogen) atoms. The molecule has 0 aromatic heterocycles. The minimum Gasteiger partial charge on any atom is -0.396 e. The number of carbonyl (C=O) groups excluding carboxylic acids is 3. The summed E-state index contributed by atoms with van der Waals surface area (Å²) in [5, 5.41) is 15.3. The van der Waals surface area contributed by atoms with E-state index in [0.29, 0.717) is 49.5 Å². The van der Waals surface area contributed by atoms with Crippen molar-refractivity contribution < 1.29 is 24.2 Å². The predicted molar refractivity (Wildman–Crippen MR) is 124 cm³/mol. The van der Waals surface area contributed by atoms with Crippen LogP contribution in [-0.4, -0.2) is 65.2 Å². The van der Waals surface area contributed by atoms with E-state index >= 15 is 0 Å². The van der Waals surface area contributed by atoms with Crippen LogP contribution in [0.1, 0.15) is 45.4 Å². The van der Waals surface area contributed by atoms with Crippen LogP contribution >= 0.6 is 11.6 Å². The summed E-state index contributed by atoms with van der Waals surface area (Å²) in [6, 6.07) is 6.12. The Morgan fingerprint density at radius 1 is 1.24 bits per heavy atom. The topological polar surface area (TPSA) is 108 Å². The number of hydrogen-bond acceptors (Lipinski definition) is 5. The number of fused-ring (bicyclic) bond motifs is 1. The molecule has 3 amide bonds. The zero-order chi connectivity index (χ0) is 23.6. The lowest BCUT2D eigenvalue weighted by Gasteiger charge is -2.33. The van der Waals surface area contributed by atoms with Crippen LogP contribution in [0.15, 0.2) is 24.3 Å². The SMILES string of the molecule is CCCNC(=O)[C@@H]1[C@H]2C(=O)N(CCCCCO)C(C(=O)Nc3ccccc3Cl)C23CC[C@H]1O3. The molecule has 2 unspecified atom stereocenters. The fourth-order valence-corrected chi connectivity index (χ4v) is 5.88. The Morgan fingerprint density at radius 3 is 2.76 bits per heavy atom. The maximum atomic E-state index is 13.7. The summed E-state index contributed by atoms with van der Waals surface area (Å²) < 4.78 is 6.37. The molecule has 0 radical (unpaired) electrons. The van der Waals surface area contributed by atoms with E-state index in [4.69, 9.17) is 21.4 Å². The smallest absolute Gasteiger partial charge is 0.250 e. The van der Waals surface area contributed by atoms with Crippen molar-refractivity contribution in [3.8, 4) is 0 Å². The van der Waals surface area contributed by atoms with Gasteiger partial charge in [0.2, 0.25) is 17.7 Å². The highest BCUT2D eigenvalue weighted by atomic mass is 35.5. The molecule has 3 saturated heterocycles. The van der Waals surface area contributed by atoms with Gasteiger partial charge in [0.05, 0.1) is 28.6 Å². The lowest BCUT2D eigenvalue weighted by molar-refractivity contribution is -0.140. The standard InChI is InChI=1S/C24H32ClN3O5/c1-2-12-26-21(30)18-17-10-11-24(33-17)19(18)23(32)28(13-6-3-7-14-29)20(24)22(31)27-16-9-5-4-8-15(16)25/h4-5,8-9,17-20,29H,2-3,6-7,10-14H2,1H3,(H,26,30)(H,27,31)/t17-,18+,19+,20?,24?/m1/s1. The van der Waals surface area contributed by atoms with E-state index in [1.807, 2.05) is 6.92 Å². The number of aliphatic hydroxyl groups is 1. The Morgan fingerprint density at radius 2 is 2.03 bits per heavy atom. The fraction of sp³-hybridized carbons (Fsp3) is 0.625. The van der Waals surface area contributed by atoms with Gasteiger partial charge in [0.15, 0.2) is 0 Å². The first-order valence-corrected chi connectivity index (χ1v) is 12.2. The summed E-state index contributed by atoms with van der Waals surface area (Å²) in [5.74, 6) is -1.98. The second-order valence-corrected chi connectivity index (χ2v) is 9.54. The minimum absolute atomic E-state index is 0.0847. The number of unbranched alkanes of at least 4 members (excludes halogenated alkanes) is 2. The normalized spacial score (nSPS) is 29.9. The number of carbonyl (C=O) groups is 3. The molecule has 8 nitrogen and oxygen atoms in total. The molecule has 0 saturated carbocycles. The van der Waals surface area contributed by atoms with Crippen LogP contribution in [0.4, 0.5) is 5.69 Å². The Kier molecular flexibility index (Phi) is 7.26. The van der Waals surface area contributed by atoms with Crippen molar-refractivity contribution in [2.24, 2.45) is 11.8 Å². The van der Waals surface area contributed by atoms with Crippen LogP contribution in [0, 0.1) is 11.8 Å². The molecule has 1 spiro atoms. The third-order valence-corrected chi connectivity index (χ3v) is 7.42. The average molecular weight is 478 g/mol. The Hall–Kier alpha value is -2.16. The molecular formula is C24H32ClN3O5. The lowest BCUT2D eigenvalue weighted by Crippen LogP contribution is -2.53. The quantitative estimate of drug-likeness (QED) is 0.448. The summed E-state index contributed by atoms with van der Waals surface area (Å²) in [6.07, 6.45) is 3.66. The molecule has 3 heterocycles. The molecule has 3 aliphatic rings. The highest BCUT2D eigenvalue weighted by Gasteiger charge is 2.74. The highest BCUT2D eigenvalue weighted by Crippen LogP contribution is 2.58. The van der Waals surface area contributed by atoms with Crippen LogP contribution < -0.4 is 10.6 Å². The molecule has 5 atom stereocenters. The summed E-state index contributed by atoms with van der Waals surface area (Å²) in [4.78, 5) is 41.9. The number of para-hydroxylation sites is 1.